The predicted molar refractivity (Wildman–Crippen MR) is 190 cm³/mol. The van der Waals surface area contributed by atoms with E-state index in [0.717, 1.165) is 0 Å². The van der Waals surface area contributed by atoms with Crippen molar-refractivity contribution < 1.29 is 27.7 Å². The fraction of sp³-hybridized carbons (Fsp3) is 0. The molecule has 0 aliphatic carbocycles. The Hall–Kier alpha value is -5.92. The van der Waals surface area contributed by atoms with Crippen molar-refractivity contribution in [1.29, 1.82) is 0 Å². The van der Waals surface area contributed by atoms with E-state index < -0.39 is 90.6 Å². The number of furan rings is 1. The molecule has 0 aliphatic heterocycles. The molecule has 210 valence electrons. The molecular formula is C44H28O. The van der Waals surface area contributed by atoms with E-state index in [-0.39, 0.29) is 83.7 Å². The first-order valence-electron chi connectivity index (χ1n) is 22.5. The fourth-order valence-electron chi connectivity index (χ4n) is 6.06. The van der Waals surface area contributed by atoms with Gasteiger partial charge >= 0.3 is 0 Å². The summed E-state index contributed by atoms with van der Waals surface area (Å²) in [6.45, 7) is 0. The zero-order valence-corrected chi connectivity index (χ0v) is 23.3. The molecule has 8 aromatic carbocycles. The van der Waals surface area contributed by atoms with Crippen molar-refractivity contribution in [2.45, 2.75) is 0 Å². The van der Waals surface area contributed by atoms with Crippen LogP contribution in [0, 0.1) is 0 Å². The lowest BCUT2D eigenvalue weighted by Gasteiger charge is -2.18. The van der Waals surface area contributed by atoms with Gasteiger partial charge in [0.25, 0.3) is 0 Å². The highest BCUT2D eigenvalue weighted by Gasteiger charge is 2.21. The molecule has 0 spiro atoms. The molecule has 0 saturated carbocycles. The summed E-state index contributed by atoms with van der Waals surface area (Å²) in [5.41, 5.74) is 1.27. The van der Waals surface area contributed by atoms with Crippen molar-refractivity contribution in [2.75, 3.05) is 0 Å². The van der Waals surface area contributed by atoms with Crippen LogP contribution >= 0.6 is 0 Å². The molecular weight excluding hydrogens is 544 g/mol. The van der Waals surface area contributed by atoms with E-state index in [1.807, 2.05) is 0 Å². The summed E-state index contributed by atoms with van der Waals surface area (Å²) in [5.74, 6) is 0. The van der Waals surface area contributed by atoms with E-state index in [9.17, 15) is 5.48 Å². The van der Waals surface area contributed by atoms with Crippen LogP contribution in [0.3, 0.4) is 0 Å². The molecule has 1 heteroatoms. The maximum absolute atomic E-state index is 9.42. The summed E-state index contributed by atoms with van der Waals surface area (Å²) in [6, 6.07) is 8.71. The van der Waals surface area contributed by atoms with Crippen molar-refractivity contribution in [3.8, 4) is 44.5 Å². The lowest BCUT2D eigenvalue weighted by molar-refractivity contribution is 0.671. The Morgan fingerprint density at radius 1 is 0.356 bits per heavy atom. The Labute approximate surface area is 285 Å². The van der Waals surface area contributed by atoms with Crippen molar-refractivity contribution in [3.63, 3.8) is 0 Å². The molecule has 0 amide bonds. The first-order chi connectivity index (χ1) is 29.4. The van der Waals surface area contributed by atoms with E-state index in [1.165, 1.54) is 24.3 Å². The zero-order chi connectivity index (χ0) is 44.5. The van der Waals surface area contributed by atoms with E-state index in [2.05, 4.69) is 0 Å². The second-order valence-corrected chi connectivity index (χ2v) is 10.4. The number of fused-ring (bicyclic) bond motifs is 5. The third kappa shape index (κ3) is 4.09. The van der Waals surface area contributed by atoms with Gasteiger partial charge in [-0.2, -0.15) is 0 Å². The topological polar surface area (TPSA) is 13.1 Å². The van der Waals surface area contributed by atoms with Gasteiger partial charge in [-0.25, -0.2) is 0 Å². The minimum Gasteiger partial charge on any atom is -0.455 e. The molecule has 9 rings (SSSR count). The average molecular weight is 590 g/mol. The Morgan fingerprint density at radius 2 is 0.867 bits per heavy atom. The molecule has 9 aromatic rings. The van der Waals surface area contributed by atoms with Gasteiger partial charge in [-0.05, 0) is 55.4 Å². The molecule has 1 nitrogen and oxygen atoms in total. The van der Waals surface area contributed by atoms with Crippen LogP contribution in [0.25, 0.3) is 88.0 Å². The largest absolute Gasteiger partial charge is 0.455 e. The van der Waals surface area contributed by atoms with Gasteiger partial charge in [0.2, 0.25) is 0 Å². The molecule has 0 N–H and O–H groups in total. The third-order valence-corrected chi connectivity index (χ3v) is 7.95. The standard InChI is InChI=1S/C44H28O/c1-3-14-29(15-4-1)31-18-11-19-32(28-31)41-34-20-7-9-22-36(34)42(37-23-10-8-21-35(37)41)40-27-13-26-39-38-25-12-24-33(43(38)45-44(39)40)30-16-5-2-6-17-30/h1-28H/i1D,2D,3D,4D,5D,6D,7D,8D,9D,10D,14D,15D,16D,20D,21D,22D,23D. The molecule has 0 aliphatic rings. The quantitative estimate of drug-likeness (QED) is 0.186. The van der Waals surface area contributed by atoms with Crippen LogP contribution in [0.1, 0.15) is 23.3 Å². The molecule has 45 heavy (non-hydrogen) atoms. The van der Waals surface area contributed by atoms with Crippen LogP contribution in [-0.2, 0) is 0 Å². The molecule has 0 bridgehead atoms. The first-order valence-corrected chi connectivity index (χ1v) is 14.0. The summed E-state index contributed by atoms with van der Waals surface area (Å²) in [7, 11) is 0. The van der Waals surface area contributed by atoms with Gasteiger partial charge in [-0.3, -0.25) is 0 Å². The summed E-state index contributed by atoms with van der Waals surface area (Å²) in [4.78, 5) is 0. The van der Waals surface area contributed by atoms with E-state index >= 15 is 0 Å². The number of hydrogen-bond acceptors (Lipinski definition) is 1. The van der Waals surface area contributed by atoms with Crippen molar-refractivity contribution in [3.05, 3.63) is 169 Å². The van der Waals surface area contributed by atoms with Crippen LogP contribution in [0.5, 0.6) is 0 Å². The first kappa shape index (κ1) is 13.8. The molecule has 1 heterocycles. The minimum absolute atomic E-state index is 0.00681. The van der Waals surface area contributed by atoms with E-state index in [0.29, 0.717) is 16.3 Å². The lowest BCUT2D eigenvalue weighted by Crippen LogP contribution is -1.91. The molecule has 0 saturated heterocycles. The van der Waals surface area contributed by atoms with E-state index in [1.54, 1.807) is 42.5 Å². The Kier molecular flexibility index (Phi) is 3.18. The summed E-state index contributed by atoms with van der Waals surface area (Å²) in [5, 5.41) is 0.583. The maximum Gasteiger partial charge on any atom is 0.143 e. The summed E-state index contributed by atoms with van der Waals surface area (Å²) < 4.78 is 155. The number of para-hydroxylation sites is 2. The monoisotopic (exact) mass is 589 g/mol. The van der Waals surface area contributed by atoms with Gasteiger partial charge in [0, 0.05) is 27.5 Å². The van der Waals surface area contributed by atoms with Crippen molar-refractivity contribution in [2.24, 2.45) is 0 Å². The Bertz CT molecular complexity index is 3390. The molecule has 0 atom stereocenters. The highest BCUT2D eigenvalue weighted by Crippen LogP contribution is 2.47. The molecule has 0 fully saturated rings. The van der Waals surface area contributed by atoms with Crippen molar-refractivity contribution in [1.82, 2.24) is 0 Å². The smallest absolute Gasteiger partial charge is 0.143 e. The number of hydrogen-bond donors (Lipinski definition) is 0. The van der Waals surface area contributed by atoms with Crippen LogP contribution < -0.4 is 0 Å². The van der Waals surface area contributed by atoms with Gasteiger partial charge in [-0.15, -0.1) is 0 Å². The van der Waals surface area contributed by atoms with Crippen LogP contribution in [0.15, 0.2) is 174 Å². The fourth-order valence-corrected chi connectivity index (χ4v) is 6.06. The highest BCUT2D eigenvalue weighted by atomic mass is 16.3. The predicted octanol–water partition coefficient (Wildman–Crippen LogP) is 12.6. The second-order valence-electron chi connectivity index (χ2n) is 10.4. The average Bonchev–Trinajstić information content (AvgIpc) is 3.66. The van der Waals surface area contributed by atoms with Gasteiger partial charge in [0.15, 0.2) is 0 Å². The molecule has 0 radical (unpaired) electrons. The van der Waals surface area contributed by atoms with Gasteiger partial charge < -0.3 is 4.42 Å². The molecule has 0 unspecified atom stereocenters. The molecule has 1 aromatic heterocycles. The summed E-state index contributed by atoms with van der Waals surface area (Å²) >= 11 is 0. The van der Waals surface area contributed by atoms with Gasteiger partial charge in [-0.1, -0.05) is 163 Å². The number of benzene rings is 8. The lowest BCUT2D eigenvalue weighted by atomic mass is 9.85. The summed E-state index contributed by atoms with van der Waals surface area (Å²) in [6.07, 6.45) is 0. The van der Waals surface area contributed by atoms with Gasteiger partial charge in [0.1, 0.15) is 11.2 Å². The highest BCUT2D eigenvalue weighted by molar-refractivity contribution is 6.24. The van der Waals surface area contributed by atoms with Crippen LogP contribution in [-0.4, -0.2) is 0 Å². The minimum atomic E-state index is -0.629. The Morgan fingerprint density at radius 3 is 1.56 bits per heavy atom. The van der Waals surface area contributed by atoms with Crippen molar-refractivity contribution >= 4 is 43.5 Å². The Balaban J connectivity index is 1.47. The zero-order valence-electron chi connectivity index (χ0n) is 40.3. The van der Waals surface area contributed by atoms with Crippen LogP contribution in [0.4, 0.5) is 0 Å². The van der Waals surface area contributed by atoms with Crippen LogP contribution in [0.2, 0.25) is 0 Å². The normalized spacial score (nSPS) is 16.8. The maximum atomic E-state index is 9.42. The van der Waals surface area contributed by atoms with E-state index in [4.69, 9.17) is 22.2 Å². The number of rotatable bonds is 4. The second kappa shape index (κ2) is 10.4. The SMILES string of the molecule is [2H]c1cc(-c2cccc3c2oc2c(-c4c5c([2H])c([2H])c([2H])c([2H])c5c(-c5cccc(-c6c([2H])c([2H])c([2H])c([2H])c6[2H])c5)c5c([2H])c([2H])c([2H])c([2H])c45)cccc23)c([2H])c([2H])c1[2H]. The van der Waals surface area contributed by atoms with Gasteiger partial charge in [0.05, 0.1) is 23.3 Å². The third-order valence-electron chi connectivity index (χ3n) is 7.95.